The molecule has 0 aliphatic heterocycles. The molecular formula is C15H20O2S. The second kappa shape index (κ2) is 7.29. The lowest BCUT2D eigenvalue weighted by Crippen LogP contribution is -1.98. The zero-order chi connectivity index (χ0) is 13.5. The summed E-state index contributed by atoms with van der Waals surface area (Å²) in [4.78, 5) is 0. The van der Waals surface area contributed by atoms with E-state index < -0.39 is 10.8 Å². The molecule has 0 aliphatic rings. The van der Waals surface area contributed by atoms with Gasteiger partial charge in [0.15, 0.2) is 0 Å². The molecule has 98 valence electrons. The molecule has 0 aliphatic carbocycles. The van der Waals surface area contributed by atoms with E-state index in [1.807, 2.05) is 0 Å². The minimum Gasteiger partial charge on any atom is -0.400 e. The molecule has 0 saturated heterocycles. The fraction of sp³-hybridized carbons (Fsp3) is 0.333. The van der Waals surface area contributed by atoms with Gasteiger partial charge in [0, 0.05) is 29.9 Å². The number of fused-ring (bicyclic) bond motifs is 1. The van der Waals surface area contributed by atoms with Gasteiger partial charge in [-0.3, -0.25) is 4.21 Å². The lowest BCUT2D eigenvalue weighted by molar-refractivity contribution is 0.399. The topological polar surface area (TPSA) is 37.3 Å². The summed E-state index contributed by atoms with van der Waals surface area (Å²) in [6.07, 6.45) is 2.75. The van der Waals surface area contributed by atoms with E-state index >= 15 is 0 Å². The molecule has 0 spiro atoms. The van der Waals surface area contributed by atoms with Crippen molar-refractivity contribution >= 4 is 21.6 Å². The summed E-state index contributed by atoms with van der Waals surface area (Å²) in [5.41, 5.74) is 2.57. The molecule has 1 N–H and O–H groups in total. The van der Waals surface area contributed by atoms with E-state index in [1.54, 1.807) is 6.26 Å². The van der Waals surface area contributed by atoms with Gasteiger partial charge in [0.2, 0.25) is 0 Å². The molecule has 18 heavy (non-hydrogen) atoms. The average Bonchev–Trinajstić information content (AvgIpc) is 2.40. The Balaban J connectivity index is 0.000000771. The molecular weight excluding hydrogens is 244 g/mol. The third kappa shape index (κ3) is 3.40. The molecule has 2 nitrogen and oxygen atoms in total. The third-order valence-corrected chi connectivity index (χ3v) is 3.57. The Hall–Kier alpha value is -1.19. The molecule has 0 aromatic heterocycles. The number of hydrogen-bond donors (Lipinski definition) is 1. The van der Waals surface area contributed by atoms with E-state index in [0.29, 0.717) is 5.75 Å². The average molecular weight is 264 g/mol. The number of hydrogen-bond acceptors (Lipinski definition) is 2. The van der Waals surface area contributed by atoms with Gasteiger partial charge in [-0.05, 0) is 28.3 Å². The van der Waals surface area contributed by atoms with Crippen molar-refractivity contribution in [2.45, 2.75) is 19.1 Å². The normalized spacial score (nSPS) is 11.8. The van der Waals surface area contributed by atoms with Crippen LogP contribution in [0.2, 0.25) is 0 Å². The van der Waals surface area contributed by atoms with Gasteiger partial charge in [-0.25, -0.2) is 0 Å². The zero-order valence-corrected chi connectivity index (χ0v) is 12.0. The molecule has 2 aromatic rings. The van der Waals surface area contributed by atoms with Gasteiger partial charge >= 0.3 is 0 Å². The van der Waals surface area contributed by atoms with Crippen molar-refractivity contribution in [1.29, 1.82) is 0 Å². The van der Waals surface area contributed by atoms with E-state index in [-0.39, 0.29) is 0 Å². The predicted molar refractivity (Wildman–Crippen MR) is 79.2 cm³/mol. The molecule has 1 unspecified atom stereocenters. The molecule has 0 amide bonds. The Kier molecular flexibility index (Phi) is 6.02. The molecule has 0 saturated carbocycles. The largest absolute Gasteiger partial charge is 0.400 e. The first-order chi connectivity index (χ1) is 8.72. The van der Waals surface area contributed by atoms with Gasteiger partial charge in [-0.2, -0.15) is 0 Å². The van der Waals surface area contributed by atoms with Crippen LogP contribution in [0.15, 0.2) is 36.4 Å². The smallest absolute Gasteiger partial charge is 0.0485 e. The van der Waals surface area contributed by atoms with Crippen molar-refractivity contribution in [3.05, 3.63) is 47.5 Å². The summed E-state index contributed by atoms with van der Waals surface area (Å²) < 4.78 is 11.3. The number of aryl methyl sites for hydroxylation is 1. The minimum absolute atomic E-state index is 0.661. The van der Waals surface area contributed by atoms with Crippen LogP contribution in [0, 0.1) is 0 Å². The Bertz CT molecular complexity index is 535. The number of benzene rings is 2. The maximum Gasteiger partial charge on any atom is 0.0485 e. The minimum atomic E-state index is -0.771. The van der Waals surface area contributed by atoms with Crippen LogP contribution in [-0.4, -0.2) is 22.7 Å². The Labute approximate surface area is 111 Å². The van der Waals surface area contributed by atoms with Crippen LogP contribution in [0.1, 0.15) is 18.1 Å². The molecule has 1 atom stereocenters. The lowest BCUT2D eigenvalue weighted by atomic mass is 9.98. The van der Waals surface area contributed by atoms with Crippen LogP contribution in [0.5, 0.6) is 0 Å². The highest BCUT2D eigenvalue weighted by atomic mass is 32.2. The highest BCUT2D eigenvalue weighted by Gasteiger charge is 2.06. The van der Waals surface area contributed by atoms with Gasteiger partial charge in [0.25, 0.3) is 0 Å². The Morgan fingerprint density at radius 3 is 2.39 bits per heavy atom. The summed E-state index contributed by atoms with van der Waals surface area (Å²) in [5, 5.41) is 9.57. The van der Waals surface area contributed by atoms with E-state index in [1.165, 1.54) is 21.9 Å². The predicted octanol–water partition coefficient (Wildman–Crippen LogP) is 2.89. The number of aliphatic hydroxyl groups excluding tert-OH is 1. The highest BCUT2D eigenvalue weighted by Crippen LogP contribution is 2.23. The molecule has 3 heteroatoms. The summed E-state index contributed by atoms with van der Waals surface area (Å²) in [5.74, 6) is 0.661. The van der Waals surface area contributed by atoms with Crippen LogP contribution in [0.25, 0.3) is 10.8 Å². The second-order valence-corrected chi connectivity index (χ2v) is 5.43. The molecule has 0 fully saturated rings. The number of aliphatic hydroxyl groups is 1. The first-order valence-electron chi connectivity index (χ1n) is 5.96. The van der Waals surface area contributed by atoms with Crippen molar-refractivity contribution in [1.82, 2.24) is 0 Å². The van der Waals surface area contributed by atoms with Crippen LogP contribution in [0.3, 0.4) is 0 Å². The quantitative estimate of drug-likeness (QED) is 0.925. The van der Waals surface area contributed by atoms with Gasteiger partial charge in [0.1, 0.15) is 0 Å². The van der Waals surface area contributed by atoms with E-state index in [0.717, 1.165) is 13.5 Å². The van der Waals surface area contributed by atoms with Crippen molar-refractivity contribution in [3.63, 3.8) is 0 Å². The van der Waals surface area contributed by atoms with E-state index in [9.17, 15) is 4.21 Å². The summed E-state index contributed by atoms with van der Waals surface area (Å²) >= 11 is 0. The second-order valence-electron chi connectivity index (χ2n) is 4.00. The van der Waals surface area contributed by atoms with Crippen LogP contribution < -0.4 is 0 Å². The zero-order valence-electron chi connectivity index (χ0n) is 11.1. The van der Waals surface area contributed by atoms with Crippen LogP contribution in [-0.2, 0) is 23.0 Å². The number of rotatable bonds is 3. The van der Waals surface area contributed by atoms with Crippen molar-refractivity contribution in [2.75, 3.05) is 13.4 Å². The Morgan fingerprint density at radius 1 is 1.11 bits per heavy atom. The Morgan fingerprint density at radius 2 is 1.78 bits per heavy atom. The fourth-order valence-corrected chi connectivity index (χ4v) is 2.86. The van der Waals surface area contributed by atoms with Gasteiger partial charge in [-0.1, -0.05) is 43.3 Å². The van der Waals surface area contributed by atoms with Gasteiger partial charge < -0.3 is 5.11 Å². The van der Waals surface area contributed by atoms with E-state index in [2.05, 4.69) is 43.3 Å². The molecule has 2 aromatic carbocycles. The molecule has 0 bridgehead atoms. The molecule has 2 rings (SSSR count). The standard InChI is InChI=1S/C14H16OS.CH4O/c1-3-13-12(10-16(2)15)9-8-11-6-4-5-7-14(11)13;1-2/h4-9H,3,10H2,1-2H3;2H,1H3. The van der Waals surface area contributed by atoms with Gasteiger partial charge in [0.05, 0.1) is 0 Å². The lowest BCUT2D eigenvalue weighted by Gasteiger charge is -2.10. The van der Waals surface area contributed by atoms with Crippen LogP contribution >= 0.6 is 0 Å². The summed E-state index contributed by atoms with van der Waals surface area (Å²) in [6, 6.07) is 12.6. The maximum absolute atomic E-state index is 11.3. The summed E-state index contributed by atoms with van der Waals surface area (Å²) in [7, 11) is 0.229. The van der Waals surface area contributed by atoms with Crippen molar-refractivity contribution in [2.24, 2.45) is 0 Å². The van der Waals surface area contributed by atoms with E-state index in [4.69, 9.17) is 5.11 Å². The molecule has 0 radical (unpaired) electrons. The first kappa shape index (κ1) is 14.9. The first-order valence-corrected chi connectivity index (χ1v) is 7.69. The maximum atomic E-state index is 11.3. The monoisotopic (exact) mass is 264 g/mol. The van der Waals surface area contributed by atoms with Crippen LogP contribution in [0.4, 0.5) is 0 Å². The molecule has 0 heterocycles. The van der Waals surface area contributed by atoms with Gasteiger partial charge in [-0.15, -0.1) is 0 Å². The summed E-state index contributed by atoms with van der Waals surface area (Å²) in [6.45, 7) is 2.16. The van der Waals surface area contributed by atoms with Crippen molar-refractivity contribution in [3.8, 4) is 0 Å². The highest BCUT2D eigenvalue weighted by molar-refractivity contribution is 7.83. The van der Waals surface area contributed by atoms with Crippen molar-refractivity contribution < 1.29 is 9.32 Å². The SMILES string of the molecule is CCc1c(CS(C)=O)ccc2ccccc12.CO. The fourth-order valence-electron chi connectivity index (χ4n) is 2.15. The third-order valence-electron chi connectivity index (χ3n) is 2.85.